The molecule has 1 rings (SSSR count). The van der Waals surface area contributed by atoms with Gasteiger partial charge in [0.15, 0.2) is 0 Å². The molecule has 0 aromatic carbocycles. The Kier molecular flexibility index (Phi) is 3.89. The van der Waals surface area contributed by atoms with Crippen LogP contribution in [0.4, 0.5) is 0 Å². The van der Waals surface area contributed by atoms with Crippen LogP contribution >= 0.6 is 0 Å². The van der Waals surface area contributed by atoms with E-state index >= 15 is 0 Å². The van der Waals surface area contributed by atoms with E-state index in [9.17, 15) is 9.59 Å². The Morgan fingerprint density at radius 2 is 2.38 bits per heavy atom. The first kappa shape index (κ1) is 10.2. The predicted octanol–water partition coefficient (Wildman–Crippen LogP) is 0.135. The summed E-state index contributed by atoms with van der Waals surface area (Å²) in [4.78, 5) is 23.6. The van der Waals surface area contributed by atoms with E-state index in [1.165, 1.54) is 0 Å². The maximum Gasteiger partial charge on any atom is 0.222 e. The van der Waals surface area contributed by atoms with Crippen LogP contribution < -0.4 is 5.32 Å². The lowest BCUT2D eigenvalue weighted by molar-refractivity contribution is -0.124. The molecule has 0 spiro atoms. The van der Waals surface area contributed by atoms with Crippen molar-refractivity contribution in [2.45, 2.75) is 26.2 Å². The van der Waals surface area contributed by atoms with E-state index in [1.54, 1.807) is 6.92 Å². The SMILES string of the molecule is CC(=O)CCCN1CCC(=O)NC1. The van der Waals surface area contributed by atoms with Gasteiger partial charge in [0.1, 0.15) is 5.78 Å². The fraction of sp³-hybridized carbons (Fsp3) is 0.778. The number of nitrogens with one attached hydrogen (secondary N) is 1. The first-order valence-corrected chi connectivity index (χ1v) is 4.67. The molecule has 0 aromatic heterocycles. The first-order valence-electron chi connectivity index (χ1n) is 4.67. The normalized spacial score (nSPS) is 18.4. The molecule has 1 N–H and O–H groups in total. The van der Waals surface area contributed by atoms with Gasteiger partial charge in [-0.05, 0) is 13.3 Å². The number of hydrogen-bond donors (Lipinski definition) is 1. The molecule has 0 aromatic rings. The van der Waals surface area contributed by atoms with Crippen LogP contribution in [0, 0.1) is 0 Å². The first-order chi connectivity index (χ1) is 6.18. The third-order valence-electron chi connectivity index (χ3n) is 2.16. The molecule has 1 saturated heterocycles. The van der Waals surface area contributed by atoms with E-state index < -0.39 is 0 Å². The maximum absolute atomic E-state index is 10.8. The molecule has 4 heteroatoms. The molecule has 0 atom stereocenters. The van der Waals surface area contributed by atoms with Gasteiger partial charge in [0.2, 0.25) is 5.91 Å². The highest BCUT2D eigenvalue weighted by Gasteiger charge is 2.14. The molecule has 1 fully saturated rings. The van der Waals surface area contributed by atoms with Crippen molar-refractivity contribution in [1.29, 1.82) is 0 Å². The lowest BCUT2D eigenvalue weighted by atomic mass is 10.2. The van der Waals surface area contributed by atoms with Crippen LogP contribution in [-0.2, 0) is 9.59 Å². The minimum absolute atomic E-state index is 0.128. The number of ketones is 1. The number of nitrogens with zero attached hydrogens (tertiary/aromatic N) is 1. The summed E-state index contributed by atoms with van der Waals surface area (Å²) in [7, 11) is 0. The second-order valence-electron chi connectivity index (χ2n) is 3.43. The number of hydrogen-bond acceptors (Lipinski definition) is 3. The Morgan fingerprint density at radius 3 is 2.92 bits per heavy atom. The molecule has 1 aliphatic rings. The van der Waals surface area contributed by atoms with Gasteiger partial charge < -0.3 is 10.1 Å². The van der Waals surface area contributed by atoms with Gasteiger partial charge in [0, 0.05) is 25.9 Å². The number of amides is 1. The van der Waals surface area contributed by atoms with E-state index in [2.05, 4.69) is 10.2 Å². The van der Waals surface area contributed by atoms with Crippen LogP contribution in [0.25, 0.3) is 0 Å². The zero-order valence-electron chi connectivity index (χ0n) is 8.01. The largest absolute Gasteiger partial charge is 0.343 e. The highest BCUT2D eigenvalue weighted by molar-refractivity contribution is 5.76. The number of carbonyl (C=O) groups excluding carboxylic acids is 2. The molecule has 4 nitrogen and oxygen atoms in total. The number of carbonyl (C=O) groups is 2. The van der Waals surface area contributed by atoms with E-state index in [-0.39, 0.29) is 11.7 Å². The average molecular weight is 184 g/mol. The van der Waals surface area contributed by atoms with Crippen LogP contribution in [0.3, 0.4) is 0 Å². The van der Waals surface area contributed by atoms with Crippen LogP contribution in [0.1, 0.15) is 26.2 Å². The molecule has 1 aliphatic heterocycles. The minimum Gasteiger partial charge on any atom is -0.343 e. The second kappa shape index (κ2) is 4.97. The highest BCUT2D eigenvalue weighted by Crippen LogP contribution is 2.00. The second-order valence-corrected chi connectivity index (χ2v) is 3.43. The van der Waals surface area contributed by atoms with Gasteiger partial charge in [-0.15, -0.1) is 0 Å². The molecule has 0 radical (unpaired) electrons. The van der Waals surface area contributed by atoms with Crippen LogP contribution in [0.15, 0.2) is 0 Å². The van der Waals surface area contributed by atoms with E-state index in [4.69, 9.17) is 0 Å². The van der Waals surface area contributed by atoms with Crippen LogP contribution in [-0.4, -0.2) is 36.3 Å². The topological polar surface area (TPSA) is 49.4 Å². The summed E-state index contributed by atoms with van der Waals surface area (Å²) in [5.74, 6) is 0.365. The molecule has 0 saturated carbocycles. The Balaban J connectivity index is 2.09. The summed E-state index contributed by atoms with van der Waals surface area (Å²) < 4.78 is 0. The van der Waals surface area contributed by atoms with Gasteiger partial charge in [-0.1, -0.05) is 0 Å². The van der Waals surface area contributed by atoms with Crippen LogP contribution in [0.5, 0.6) is 0 Å². The molecule has 0 unspecified atom stereocenters. The summed E-state index contributed by atoms with van der Waals surface area (Å²) >= 11 is 0. The van der Waals surface area contributed by atoms with Crippen molar-refractivity contribution >= 4 is 11.7 Å². The van der Waals surface area contributed by atoms with E-state index in [1.807, 2.05) is 0 Å². The molecular formula is C9H16N2O2. The summed E-state index contributed by atoms with van der Waals surface area (Å²) in [6.07, 6.45) is 2.12. The standard InChI is InChI=1S/C9H16N2O2/c1-8(12)3-2-5-11-6-4-9(13)10-7-11/h2-7H2,1H3,(H,10,13). The molecule has 0 bridgehead atoms. The predicted molar refractivity (Wildman–Crippen MR) is 49.1 cm³/mol. The quantitative estimate of drug-likeness (QED) is 0.676. The maximum atomic E-state index is 10.8. The zero-order chi connectivity index (χ0) is 9.68. The van der Waals surface area contributed by atoms with Crippen molar-refractivity contribution in [3.8, 4) is 0 Å². The zero-order valence-corrected chi connectivity index (χ0v) is 8.01. The molecular weight excluding hydrogens is 168 g/mol. The van der Waals surface area contributed by atoms with Crippen molar-refractivity contribution < 1.29 is 9.59 Å². The van der Waals surface area contributed by atoms with Gasteiger partial charge in [-0.3, -0.25) is 9.69 Å². The molecule has 1 heterocycles. The molecule has 74 valence electrons. The Hall–Kier alpha value is -0.900. The summed E-state index contributed by atoms with van der Waals surface area (Å²) in [5, 5.41) is 2.77. The summed E-state index contributed by atoms with van der Waals surface area (Å²) in [5.41, 5.74) is 0. The van der Waals surface area contributed by atoms with Crippen molar-refractivity contribution in [2.24, 2.45) is 0 Å². The summed E-state index contributed by atoms with van der Waals surface area (Å²) in [6.45, 7) is 3.97. The van der Waals surface area contributed by atoms with Crippen molar-refractivity contribution in [3.05, 3.63) is 0 Å². The fourth-order valence-electron chi connectivity index (χ4n) is 1.37. The fourth-order valence-corrected chi connectivity index (χ4v) is 1.37. The molecule has 0 aliphatic carbocycles. The Bertz CT molecular complexity index is 194. The lowest BCUT2D eigenvalue weighted by Gasteiger charge is -2.26. The minimum atomic E-state index is 0.128. The van der Waals surface area contributed by atoms with Crippen LogP contribution in [0.2, 0.25) is 0 Å². The number of rotatable bonds is 4. The Labute approximate surface area is 78.3 Å². The molecule has 13 heavy (non-hydrogen) atoms. The van der Waals surface area contributed by atoms with Crippen molar-refractivity contribution in [2.75, 3.05) is 19.8 Å². The highest BCUT2D eigenvalue weighted by atomic mass is 16.2. The van der Waals surface area contributed by atoms with Gasteiger partial charge in [-0.25, -0.2) is 0 Å². The van der Waals surface area contributed by atoms with E-state index in [0.717, 1.165) is 19.5 Å². The third kappa shape index (κ3) is 4.03. The number of Topliss-reactive ketones (excluding diaryl/α,β-unsaturated/α-hetero) is 1. The van der Waals surface area contributed by atoms with Gasteiger partial charge >= 0.3 is 0 Å². The van der Waals surface area contributed by atoms with Gasteiger partial charge in [-0.2, -0.15) is 0 Å². The third-order valence-corrected chi connectivity index (χ3v) is 2.16. The lowest BCUT2D eigenvalue weighted by Crippen LogP contribution is -2.45. The smallest absolute Gasteiger partial charge is 0.222 e. The van der Waals surface area contributed by atoms with E-state index in [0.29, 0.717) is 19.5 Å². The van der Waals surface area contributed by atoms with Crippen molar-refractivity contribution in [3.63, 3.8) is 0 Å². The summed E-state index contributed by atoms with van der Waals surface area (Å²) in [6, 6.07) is 0. The molecule has 1 amide bonds. The van der Waals surface area contributed by atoms with Crippen molar-refractivity contribution in [1.82, 2.24) is 10.2 Å². The monoisotopic (exact) mass is 184 g/mol. The average Bonchev–Trinajstić information content (AvgIpc) is 2.08. The van der Waals surface area contributed by atoms with Gasteiger partial charge in [0.05, 0.1) is 6.67 Å². The Morgan fingerprint density at radius 1 is 1.62 bits per heavy atom. The van der Waals surface area contributed by atoms with Gasteiger partial charge in [0.25, 0.3) is 0 Å².